The van der Waals surface area contributed by atoms with Crippen molar-refractivity contribution in [2.45, 2.75) is 31.6 Å². The summed E-state index contributed by atoms with van der Waals surface area (Å²) in [5.41, 5.74) is 2.37. The maximum absolute atomic E-state index is 14.0. The minimum absolute atomic E-state index is 0.185. The van der Waals surface area contributed by atoms with Gasteiger partial charge >= 0.3 is 0 Å². The molecule has 0 amide bonds. The monoisotopic (exact) mass is 535 g/mol. The summed E-state index contributed by atoms with van der Waals surface area (Å²) < 4.78 is 15.6. The Labute approximate surface area is 230 Å². The molecule has 5 aromatic rings. The van der Waals surface area contributed by atoms with Gasteiger partial charge in [0.15, 0.2) is 0 Å². The lowest BCUT2D eigenvalue weighted by Crippen LogP contribution is -2.39. The highest BCUT2D eigenvalue weighted by atomic mass is 32.2. The van der Waals surface area contributed by atoms with Gasteiger partial charge in [-0.25, -0.2) is 8.51 Å². The molecule has 2 nitrogen and oxygen atoms in total. The lowest BCUT2D eigenvalue weighted by atomic mass is 9.94. The van der Waals surface area contributed by atoms with E-state index in [1.54, 1.807) is 0 Å². The third-order valence-electron chi connectivity index (χ3n) is 6.77. The standard InChI is InChI=1S/C34H34NOPS/c1-34(2,3)38(36)35(4)33(30-24-15-17-26-16-11-12-22-29(26)30)31-23-13-14-25-32(31)37(27-18-7-5-8-19-27)28-20-9-6-10-21-28/h5-25,33H,1-4H3/t33-,38?/m1/s1. The lowest BCUT2D eigenvalue weighted by Gasteiger charge is -2.35. The Kier molecular flexibility index (Phi) is 7.91. The van der Waals surface area contributed by atoms with E-state index in [9.17, 15) is 4.21 Å². The molecule has 0 fully saturated rings. The largest absolute Gasteiger partial charge is 0.242 e. The Morgan fingerprint density at radius 1 is 0.632 bits per heavy atom. The van der Waals surface area contributed by atoms with Gasteiger partial charge in [0.2, 0.25) is 0 Å². The van der Waals surface area contributed by atoms with Crippen LogP contribution in [0.3, 0.4) is 0 Å². The van der Waals surface area contributed by atoms with Gasteiger partial charge in [0.25, 0.3) is 0 Å². The average molecular weight is 536 g/mol. The van der Waals surface area contributed by atoms with Gasteiger partial charge in [-0.2, -0.15) is 0 Å². The van der Waals surface area contributed by atoms with Gasteiger partial charge in [-0.15, -0.1) is 0 Å². The SMILES string of the molecule is CN([C@@H](c1ccccc1P(c1ccccc1)c1ccccc1)c1cccc2ccccc12)S(=O)C(C)(C)C. The van der Waals surface area contributed by atoms with Crippen LogP contribution in [0.2, 0.25) is 0 Å². The van der Waals surface area contributed by atoms with Gasteiger partial charge in [-0.1, -0.05) is 127 Å². The number of hydrogen-bond acceptors (Lipinski definition) is 1. The van der Waals surface area contributed by atoms with Crippen LogP contribution in [0, 0.1) is 0 Å². The fourth-order valence-corrected chi connectivity index (χ4v) is 8.85. The van der Waals surface area contributed by atoms with Crippen LogP contribution in [-0.4, -0.2) is 20.3 Å². The fourth-order valence-electron chi connectivity index (χ4n) is 5.08. The topological polar surface area (TPSA) is 20.3 Å². The molecule has 0 aliphatic heterocycles. The van der Waals surface area contributed by atoms with Crippen molar-refractivity contribution in [2.75, 3.05) is 7.05 Å². The highest BCUT2D eigenvalue weighted by Crippen LogP contribution is 2.41. The fraction of sp³-hybridized carbons (Fsp3) is 0.176. The summed E-state index contributed by atoms with van der Waals surface area (Å²) >= 11 is 0. The molecular weight excluding hydrogens is 501 g/mol. The van der Waals surface area contributed by atoms with E-state index in [1.807, 2.05) is 27.8 Å². The number of nitrogens with zero attached hydrogens (tertiary/aromatic N) is 1. The van der Waals surface area contributed by atoms with Crippen LogP contribution in [0.15, 0.2) is 127 Å². The van der Waals surface area contributed by atoms with E-state index in [1.165, 1.54) is 37.8 Å². The van der Waals surface area contributed by atoms with Gasteiger partial charge in [-0.05, 0) is 66.5 Å². The summed E-state index contributed by atoms with van der Waals surface area (Å²) in [6.45, 7) is 6.14. The van der Waals surface area contributed by atoms with Crippen molar-refractivity contribution in [1.29, 1.82) is 0 Å². The van der Waals surface area contributed by atoms with Crippen LogP contribution in [0.1, 0.15) is 37.9 Å². The summed E-state index contributed by atoms with van der Waals surface area (Å²) in [4.78, 5) is 0. The molecule has 38 heavy (non-hydrogen) atoms. The average Bonchev–Trinajstić information content (AvgIpc) is 2.94. The summed E-state index contributed by atoms with van der Waals surface area (Å²) in [6, 6.07) is 45.2. The minimum Gasteiger partial charge on any atom is -0.242 e. The van der Waals surface area contributed by atoms with Crippen LogP contribution in [0.4, 0.5) is 0 Å². The Balaban J connectivity index is 1.79. The highest BCUT2D eigenvalue weighted by Gasteiger charge is 2.34. The van der Waals surface area contributed by atoms with Gasteiger partial charge in [-0.3, -0.25) is 0 Å². The van der Waals surface area contributed by atoms with E-state index in [0.29, 0.717) is 0 Å². The van der Waals surface area contributed by atoms with Crippen molar-refractivity contribution in [3.05, 3.63) is 139 Å². The molecule has 0 heterocycles. The molecule has 1 unspecified atom stereocenters. The van der Waals surface area contributed by atoms with Crippen molar-refractivity contribution in [1.82, 2.24) is 4.31 Å². The molecule has 0 aromatic heterocycles. The van der Waals surface area contributed by atoms with E-state index in [2.05, 4.69) is 132 Å². The van der Waals surface area contributed by atoms with Crippen LogP contribution in [0.5, 0.6) is 0 Å². The van der Waals surface area contributed by atoms with E-state index < -0.39 is 23.7 Å². The first-order valence-corrected chi connectivity index (χ1v) is 15.4. The van der Waals surface area contributed by atoms with Crippen molar-refractivity contribution in [3.63, 3.8) is 0 Å². The third kappa shape index (κ3) is 5.38. The first-order valence-electron chi connectivity index (χ1n) is 13.0. The van der Waals surface area contributed by atoms with E-state index in [0.717, 1.165) is 0 Å². The second-order valence-corrected chi connectivity index (χ2v) is 14.9. The molecule has 0 N–H and O–H groups in total. The van der Waals surface area contributed by atoms with Crippen LogP contribution >= 0.6 is 7.92 Å². The zero-order valence-electron chi connectivity index (χ0n) is 22.4. The molecule has 2 atom stereocenters. The van der Waals surface area contributed by atoms with Crippen molar-refractivity contribution >= 4 is 45.6 Å². The zero-order valence-corrected chi connectivity index (χ0v) is 24.1. The molecule has 0 aliphatic rings. The predicted molar refractivity (Wildman–Crippen MR) is 167 cm³/mol. The molecule has 5 rings (SSSR count). The third-order valence-corrected chi connectivity index (χ3v) is 11.1. The number of fused-ring (bicyclic) bond motifs is 1. The summed E-state index contributed by atoms with van der Waals surface area (Å²) in [5.74, 6) is 0. The molecule has 0 bridgehead atoms. The summed E-state index contributed by atoms with van der Waals surface area (Å²) in [7, 11) is -0.0448. The molecule has 0 radical (unpaired) electrons. The summed E-state index contributed by atoms with van der Waals surface area (Å²) in [5, 5.41) is 6.28. The van der Waals surface area contributed by atoms with Crippen molar-refractivity contribution in [2.24, 2.45) is 0 Å². The number of rotatable bonds is 7. The Bertz CT molecular complexity index is 1500. The van der Waals surface area contributed by atoms with Crippen molar-refractivity contribution < 1.29 is 4.21 Å². The Morgan fingerprint density at radius 2 is 1.13 bits per heavy atom. The smallest absolute Gasteiger partial charge is 0.100 e. The maximum Gasteiger partial charge on any atom is 0.100 e. The van der Waals surface area contributed by atoms with E-state index in [-0.39, 0.29) is 6.04 Å². The molecule has 0 aliphatic carbocycles. The zero-order chi connectivity index (χ0) is 26.7. The maximum atomic E-state index is 14.0. The van der Waals surface area contributed by atoms with Crippen molar-refractivity contribution in [3.8, 4) is 0 Å². The quantitative estimate of drug-likeness (QED) is 0.204. The van der Waals surface area contributed by atoms with Gasteiger partial charge in [0.05, 0.1) is 10.8 Å². The van der Waals surface area contributed by atoms with E-state index >= 15 is 0 Å². The normalized spacial score (nSPS) is 13.6. The van der Waals surface area contributed by atoms with Crippen LogP contribution in [0.25, 0.3) is 10.8 Å². The lowest BCUT2D eigenvalue weighted by molar-refractivity contribution is 0.443. The second-order valence-electron chi connectivity index (χ2n) is 10.4. The minimum atomic E-state index is -1.23. The summed E-state index contributed by atoms with van der Waals surface area (Å²) in [6.07, 6.45) is 0. The molecule has 192 valence electrons. The van der Waals surface area contributed by atoms with Gasteiger partial charge in [0.1, 0.15) is 11.0 Å². The van der Waals surface area contributed by atoms with Crippen LogP contribution in [-0.2, 0) is 11.0 Å². The molecule has 5 aromatic carbocycles. The molecule has 0 saturated carbocycles. The Hall–Kier alpha value is -3.10. The second kappa shape index (κ2) is 11.3. The van der Waals surface area contributed by atoms with Crippen LogP contribution < -0.4 is 15.9 Å². The molecule has 0 saturated heterocycles. The first-order chi connectivity index (χ1) is 18.4. The Morgan fingerprint density at radius 3 is 1.76 bits per heavy atom. The van der Waals surface area contributed by atoms with E-state index in [4.69, 9.17) is 0 Å². The molecule has 4 heteroatoms. The van der Waals surface area contributed by atoms with Gasteiger partial charge in [0, 0.05) is 7.05 Å². The molecule has 0 spiro atoms. The highest BCUT2D eigenvalue weighted by molar-refractivity contribution is 7.84. The number of hydrogen-bond donors (Lipinski definition) is 0. The predicted octanol–water partition coefficient (Wildman–Crippen LogP) is 7.08. The number of benzene rings is 5. The van der Waals surface area contributed by atoms with Gasteiger partial charge < -0.3 is 0 Å². The first kappa shape index (κ1) is 26.5. The molecular formula is C34H34NOPS.